The molecule has 2 aliphatic rings. The van der Waals surface area contributed by atoms with Gasteiger partial charge < -0.3 is 20.3 Å². The van der Waals surface area contributed by atoms with Crippen molar-refractivity contribution >= 4 is 23.2 Å². The molecule has 1 atom stereocenters. The Kier molecular flexibility index (Phi) is 8.56. The first-order chi connectivity index (χ1) is 17.8. The average Bonchev–Trinajstić information content (AvgIpc) is 3.28. The van der Waals surface area contributed by atoms with Gasteiger partial charge in [0, 0.05) is 58.9 Å². The lowest BCUT2D eigenvalue weighted by Crippen LogP contribution is -2.49. The number of piperazine rings is 1. The standard InChI is InChI=1S/C25H38N8O4/c1-4-6-12-32-20-21(27-23(32)31-11-7-9-19(26)18-31)28(3)24(35)33(22(20)34)13-8-10-29-14-16-30(17-15-29)25(36)37-5-2/h19H,5,7-18,26H2,1-3H3/t19-/m1/s1. The minimum atomic E-state index is -0.377. The van der Waals surface area contributed by atoms with E-state index in [4.69, 9.17) is 15.5 Å². The average molecular weight is 515 g/mol. The van der Waals surface area contributed by atoms with Crippen molar-refractivity contribution in [3.05, 3.63) is 20.8 Å². The quantitative estimate of drug-likeness (QED) is 0.513. The summed E-state index contributed by atoms with van der Waals surface area (Å²) in [5.74, 6) is 6.59. The third-order valence-corrected chi connectivity index (χ3v) is 7.12. The SMILES string of the molecule is CC#CCn1c(N2CCC[C@@H](N)C2)nc2c1c(=O)n(CCCN1CCN(C(=O)OCC)CC1)c(=O)n2C. The predicted molar refractivity (Wildman–Crippen MR) is 142 cm³/mol. The second-order valence-corrected chi connectivity index (χ2v) is 9.62. The van der Waals surface area contributed by atoms with Gasteiger partial charge in [0.1, 0.15) is 0 Å². The highest BCUT2D eigenvalue weighted by Gasteiger charge is 2.26. The van der Waals surface area contributed by atoms with E-state index in [0.29, 0.717) is 62.9 Å². The first-order valence-corrected chi connectivity index (χ1v) is 13.1. The van der Waals surface area contributed by atoms with Crippen molar-refractivity contribution in [2.75, 3.05) is 57.3 Å². The number of fused-ring (bicyclic) bond motifs is 1. The van der Waals surface area contributed by atoms with E-state index in [2.05, 4.69) is 21.6 Å². The van der Waals surface area contributed by atoms with Crippen molar-refractivity contribution in [1.29, 1.82) is 0 Å². The van der Waals surface area contributed by atoms with E-state index in [9.17, 15) is 14.4 Å². The van der Waals surface area contributed by atoms with Gasteiger partial charge in [-0.25, -0.2) is 9.59 Å². The Bertz CT molecular complexity index is 1290. The van der Waals surface area contributed by atoms with Gasteiger partial charge in [0.05, 0.1) is 13.2 Å². The number of nitrogens with two attached hydrogens (primary N) is 1. The molecule has 4 rings (SSSR count). The van der Waals surface area contributed by atoms with Crippen molar-refractivity contribution in [3.63, 3.8) is 0 Å². The van der Waals surface area contributed by atoms with Crippen LogP contribution in [0.4, 0.5) is 10.7 Å². The Labute approximate surface area is 216 Å². The normalized spacial score (nSPS) is 18.6. The summed E-state index contributed by atoms with van der Waals surface area (Å²) < 4.78 is 9.67. The molecule has 2 N–H and O–H groups in total. The van der Waals surface area contributed by atoms with E-state index in [1.54, 1.807) is 25.8 Å². The summed E-state index contributed by atoms with van der Waals surface area (Å²) in [5.41, 5.74) is 6.25. The lowest BCUT2D eigenvalue weighted by atomic mass is 10.1. The molecule has 37 heavy (non-hydrogen) atoms. The fourth-order valence-electron chi connectivity index (χ4n) is 5.12. The number of imidazole rings is 1. The van der Waals surface area contributed by atoms with E-state index < -0.39 is 0 Å². The minimum absolute atomic E-state index is 0.0407. The van der Waals surface area contributed by atoms with Gasteiger partial charge >= 0.3 is 11.8 Å². The van der Waals surface area contributed by atoms with Gasteiger partial charge in [-0.2, -0.15) is 4.98 Å². The molecule has 2 aromatic rings. The van der Waals surface area contributed by atoms with Crippen LogP contribution in [0.1, 0.15) is 33.1 Å². The second kappa shape index (κ2) is 11.8. The van der Waals surface area contributed by atoms with Crippen LogP contribution in [0, 0.1) is 11.8 Å². The van der Waals surface area contributed by atoms with Crippen LogP contribution in [-0.4, -0.2) is 93.0 Å². The topological polar surface area (TPSA) is 124 Å². The number of hydrogen-bond acceptors (Lipinski definition) is 8. The number of hydrogen-bond donors (Lipinski definition) is 1. The van der Waals surface area contributed by atoms with E-state index >= 15 is 0 Å². The molecule has 2 saturated heterocycles. The highest BCUT2D eigenvalue weighted by Crippen LogP contribution is 2.22. The fraction of sp³-hybridized carbons (Fsp3) is 0.680. The third-order valence-electron chi connectivity index (χ3n) is 7.12. The lowest BCUT2D eigenvalue weighted by molar-refractivity contribution is 0.0790. The maximum atomic E-state index is 13.6. The van der Waals surface area contributed by atoms with Gasteiger partial charge in [-0.3, -0.25) is 23.4 Å². The molecule has 2 aromatic heterocycles. The van der Waals surface area contributed by atoms with Crippen LogP contribution in [0.3, 0.4) is 0 Å². The molecule has 12 nitrogen and oxygen atoms in total. The van der Waals surface area contributed by atoms with Crippen LogP contribution in [0.15, 0.2) is 9.59 Å². The third kappa shape index (κ3) is 5.67. The summed E-state index contributed by atoms with van der Waals surface area (Å²) in [6.45, 7) is 9.37. The van der Waals surface area contributed by atoms with Gasteiger partial charge in [0.25, 0.3) is 5.56 Å². The zero-order valence-electron chi connectivity index (χ0n) is 22.1. The molecular weight excluding hydrogens is 476 g/mol. The van der Waals surface area contributed by atoms with Gasteiger partial charge in [-0.05, 0) is 39.7 Å². The second-order valence-electron chi connectivity index (χ2n) is 9.62. The van der Waals surface area contributed by atoms with Crippen molar-refractivity contribution in [1.82, 2.24) is 28.5 Å². The van der Waals surface area contributed by atoms with Crippen LogP contribution in [0.2, 0.25) is 0 Å². The number of rotatable bonds is 7. The highest BCUT2D eigenvalue weighted by atomic mass is 16.6. The van der Waals surface area contributed by atoms with E-state index in [0.717, 1.165) is 39.0 Å². The van der Waals surface area contributed by atoms with Gasteiger partial charge in [0.2, 0.25) is 5.95 Å². The maximum absolute atomic E-state index is 13.6. The summed E-state index contributed by atoms with van der Waals surface area (Å²) >= 11 is 0. The number of piperidine rings is 1. The Balaban J connectivity index is 1.54. The monoisotopic (exact) mass is 514 g/mol. The van der Waals surface area contributed by atoms with Crippen LogP contribution in [0.25, 0.3) is 11.2 Å². The number of nitrogens with zero attached hydrogens (tertiary/aromatic N) is 7. The summed E-state index contributed by atoms with van der Waals surface area (Å²) in [6, 6.07) is 0.0407. The molecule has 202 valence electrons. The Hall–Kier alpha value is -3.30. The first kappa shape index (κ1) is 26.8. The maximum Gasteiger partial charge on any atom is 0.409 e. The molecular formula is C25H38N8O4. The largest absolute Gasteiger partial charge is 0.450 e. The molecule has 0 aliphatic carbocycles. The van der Waals surface area contributed by atoms with E-state index in [1.165, 1.54) is 9.13 Å². The molecule has 0 aromatic carbocycles. The predicted octanol–water partition coefficient (Wildman–Crippen LogP) is 0.0117. The number of ether oxygens (including phenoxy) is 1. The number of carbonyl (C=O) groups is 1. The lowest BCUT2D eigenvalue weighted by Gasteiger charge is -2.34. The molecule has 0 bridgehead atoms. The van der Waals surface area contributed by atoms with Crippen LogP contribution < -0.4 is 21.9 Å². The number of amides is 1. The number of anilines is 1. The molecule has 0 unspecified atom stereocenters. The van der Waals surface area contributed by atoms with Crippen LogP contribution in [-0.2, 0) is 24.9 Å². The van der Waals surface area contributed by atoms with Crippen molar-refractivity contribution < 1.29 is 9.53 Å². The summed E-state index contributed by atoms with van der Waals surface area (Å²) in [5, 5.41) is 0. The summed E-state index contributed by atoms with van der Waals surface area (Å²) in [7, 11) is 1.66. The van der Waals surface area contributed by atoms with Crippen molar-refractivity contribution in [2.24, 2.45) is 12.8 Å². The molecule has 12 heteroatoms. The molecule has 2 fully saturated rings. The van der Waals surface area contributed by atoms with E-state index in [-0.39, 0.29) is 23.4 Å². The van der Waals surface area contributed by atoms with Gasteiger partial charge in [0.15, 0.2) is 11.2 Å². The molecule has 2 aliphatic heterocycles. The summed E-state index contributed by atoms with van der Waals surface area (Å²) in [6.07, 6.45) is 2.26. The van der Waals surface area contributed by atoms with Crippen LogP contribution in [0.5, 0.6) is 0 Å². The molecule has 4 heterocycles. The Morgan fingerprint density at radius 2 is 1.89 bits per heavy atom. The molecule has 0 spiro atoms. The van der Waals surface area contributed by atoms with Gasteiger partial charge in [-0.15, -0.1) is 5.92 Å². The zero-order valence-corrected chi connectivity index (χ0v) is 22.1. The summed E-state index contributed by atoms with van der Waals surface area (Å²) in [4.78, 5) is 49.5. The smallest absolute Gasteiger partial charge is 0.409 e. The number of aromatic nitrogens is 4. The number of aryl methyl sites for hydroxylation is 1. The van der Waals surface area contributed by atoms with Gasteiger partial charge in [-0.1, -0.05) is 5.92 Å². The molecule has 0 radical (unpaired) electrons. The number of carbonyl (C=O) groups excluding carboxylic acids is 1. The van der Waals surface area contributed by atoms with Crippen LogP contribution >= 0.6 is 0 Å². The molecule has 1 amide bonds. The van der Waals surface area contributed by atoms with Crippen molar-refractivity contribution in [3.8, 4) is 11.8 Å². The fourth-order valence-corrected chi connectivity index (χ4v) is 5.12. The first-order valence-electron chi connectivity index (χ1n) is 13.1. The highest BCUT2D eigenvalue weighted by molar-refractivity contribution is 5.75. The zero-order chi connectivity index (χ0) is 26.5. The Morgan fingerprint density at radius 3 is 2.57 bits per heavy atom. The molecule has 0 saturated carbocycles. The van der Waals surface area contributed by atoms with Crippen molar-refractivity contribution in [2.45, 2.75) is 52.2 Å². The van der Waals surface area contributed by atoms with E-state index in [1.807, 2.05) is 4.57 Å². The Morgan fingerprint density at radius 1 is 1.14 bits per heavy atom. The minimum Gasteiger partial charge on any atom is -0.450 e.